The molecule has 31 heavy (non-hydrogen) atoms. The number of H-pyrrole nitrogens is 1. The molecule has 0 saturated heterocycles. The Balaban J connectivity index is 1.33. The third-order valence-electron chi connectivity index (χ3n) is 4.93. The van der Waals surface area contributed by atoms with Crippen LogP contribution >= 0.6 is 12.2 Å². The molecule has 2 N–H and O–H groups in total. The molecule has 164 valence electrons. The standard InChI is InChI=1S/C23H27N3O4S/c1-29-17-10-12-18(13-11-17)30-16-14-24-21(27)9-3-2-6-15-26-22(28)19-7-4-5-8-20(19)25-23(26)31/h4-5,7-8,10-13H,2-3,6,9,14-16H2,1H3,(H,24,27)(H,25,31). The van der Waals surface area contributed by atoms with Crippen LogP contribution in [0.5, 0.6) is 11.5 Å². The minimum absolute atomic E-state index is 0.00139. The molecule has 3 rings (SSSR count). The van der Waals surface area contributed by atoms with Crippen molar-refractivity contribution in [3.05, 3.63) is 63.7 Å². The fourth-order valence-corrected chi connectivity index (χ4v) is 3.54. The Bertz CT molecular complexity index is 1120. The van der Waals surface area contributed by atoms with E-state index in [9.17, 15) is 9.59 Å². The highest BCUT2D eigenvalue weighted by Gasteiger charge is 2.06. The highest BCUT2D eigenvalue weighted by molar-refractivity contribution is 7.71. The molecule has 8 heteroatoms. The second kappa shape index (κ2) is 11.3. The number of amides is 1. The molecule has 1 heterocycles. The van der Waals surface area contributed by atoms with Gasteiger partial charge in [0.25, 0.3) is 5.56 Å². The van der Waals surface area contributed by atoms with Crippen molar-refractivity contribution in [2.45, 2.75) is 32.2 Å². The van der Waals surface area contributed by atoms with Gasteiger partial charge in [-0.05, 0) is 61.5 Å². The quantitative estimate of drug-likeness (QED) is 0.349. The summed E-state index contributed by atoms with van der Waals surface area (Å²) in [6, 6.07) is 14.7. The predicted molar refractivity (Wildman–Crippen MR) is 123 cm³/mol. The number of nitrogens with zero attached hydrogens (tertiary/aromatic N) is 1. The first-order chi connectivity index (χ1) is 15.1. The molecule has 1 amide bonds. The number of rotatable bonds is 11. The molecule has 0 unspecified atom stereocenters. The molecule has 1 aromatic heterocycles. The van der Waals surface area contributed by atoms with E-state index in [0.717, 1.165) is 36.3 Å². The summed E-state index contributed by atoms with van der Waals surface area (Å²) < 4.78 is 12.7. The van der Waals surface area contributed by atoms with Crippen LogP contribution in [0.4, 0.5) is 0 Å². The largest absolute Gasteiger partial charge is 0.497 e. The molecule has 7 nitrogen and oxygen atoms in total. The van der Waals surface area contributed by atoms with Gasteiger partial charge >= 0.3 is 0 Å². The molecule has 0 aliphatic heterocycles. The van der Waals surface area contributed by atoms with E-state index in [2.05, 4.69) is 10.3 Å². The van der Waals surface area contributed by atoms with Gasteiger partial charge in [-0.3, -0.25) is 14.2 Å². The summed E-state index contributed by atoms with van der Waals surface area (Å²) in [5, 5.41) is 3.49. The van der Waals surface area contributed by atoms with Crippen LogP contribution < -0.4 is 20.3 Å². The monoisotopic (exact) mass is 441 g/mol. The maximum absolute atomic E-state index is 12.6. The number of aromatic amines is 1. The molecule has 3 aromatic rings. The lowest BCUT2D eigenvalue weighted by molar-refractivity contribution is -0.121. The van der Waals surface area contributed by atoms with E-state index in [0.29, 0.717) is 36.3 Å². The molecule has 0 saturated carbocycles. The third-order valence-corrected chi connectivity index (χ3v) is 5.25. The number of ether oxygens (including phenoxy) is 2. The molecule has 0 aliphatic rings. The van der Waals surface area contributed by atoms with Gasteiger partial charge in [0.2, 0.25) is 5.91 Å². The van der Waals surface area contributed by atoms with Crippen molar-refractivity contribution in [2.24, 2.45) is 0 Å². The molecule has 0 aliphatic carbocycles. The Morgan fingerprint density at radius 1 is 1.06 bits per heavy atom. The number of aromatic nitrogens is 2. The summed E-state index contributed by atoms with van der Waals surface area (Å²) in [5.41, 5.74) is 0.676. The molecular formula is C23H27N3O4S. The number of fused-ring (bicyclic) bond motifs is 1. The van der Waals surface area contributed by atoms with E-state index < -0.39 is 0 Å². The first-order valence-corrected chi connectivity index (χ1v) is 10.7. The smallest absolute Gasteiger partial charge is 0.262 e. The van der Waals surface area contributed by atoms with Crippen molar-refractivity contribution >= 4 is 29.0 Å². The van der Waals surface area contributed by atoms with E-state index in [1.54, 1.807) is 17.7 Å². The van der Waals surface area contributed by atoms with E-state index >= 15 is 0 Å². The van der Waals surface area contributed by atoms with Crippen LogP contribution in [-0.4, -0.2) is 35.7 Å². The lowest BCUT2D eigenvalue weighted by Crippen LogP contribution is -2.27. The minimum Gasteiger partial charge on any atom is -0.497 e. The summed E-state index contributed by atoms with van der Waals surface area (Å²) in [7, 11) is 1.61. The fourth-order valence-electron chi connectivity index (χ4n) is 3.25. The Hall–Kier alpha value is -3.13. The average Bonchev–Trinajstić information content (AvgIpc) is 2.79. The second-order valence-electron chi connectivity index (χ2n) is 7.12. The molecule has 0 atom stereocenters. The van der Waals surface area contributed by atoms with Crippen molar-refractivity contribution in [3.8, 4) is 11.5 Å². The zero-order chi connectivity index (χ0) is 22.1. The van der Waals surface area contributed by atoms with Gasteiger partial charge < -0.3 is 19.8 Å². The van der Waals surface area contributed by atoms with Gasteiger partial charge in [0, 0.05) is 13.0 Å². The topological polar surface area (TPSA) is 85.3 Å². The predicted octanol–water partition coefficient (Wildman–Crippen LogP) is 3.82. The minimum atomic E-state index is -0.0750. The van der Waals surface area contributed by atoms with Crippen LogP contribution in [0, 0.1) is 4.77 Å². The lowest BCUT2D eigenvalue weighted by Gasteiger charge is -2.09. The number of benzene rings is 2. The number of hydrogen-bond donors (Lipinski definition) is 2. The number of carbonyl (C=O) groups excluding carboxylic acids is 1. The summed E-state index contributed by atoms with van der Waals surface area (Å²) in [6.45, 7) is 1.39. The third kappa shape index (κ3) is 6.42. The summed E-state index contributed by atoms with van der Waals surface area (Å²) in [6.07, 6.45) is 2.82. The van der Waals surface area contributed by atoms with Gasteiger partial charge in [-0.25, -0.2) is 0 Å². The highest BCUT2D eigenvalue weighted by Crippen LogP contribution is 2.16. The van der Waals surface area contributed by atoms with Gasteiger partial charge in [0.05, 0.1) is 24.6 Å². The Morgan fingerprint density at radius 3 is 2.58 bits per heavy atom. The van der Waals surface area contributed by atoms with Crippen LogP contribution in [0.2, 0.25) is 0 Å². The number of nitrogens with one attached hydrogen (secondary N) is 2. The van der Waals surface area contributed by atoms with Crippen molar-refractivity contribution in [2.75, 3.05) is 20.3 Å². The van der Waals surface area contributed by atoms with E-state index in [1.165, 1.54) is 0 Å². The molecule has 0 radical (unpaired) electrons. The van der Waals surface area contributed by atoms with Gasteiger partial charge in [0.15, 0.2) is 4.77 Å². The number of methoxy groups -OCH3 is 1. The van der Waals surface area contributed by atoms with Crippen LogP contribution in [0.1, 0.15) is 25.7 Å². The number of hydrogen-bond acceptors (Lipinski definition) is 5. The van der Waals surface area contributed by atoms with E-state index in [4.69, 9.17) is 21.7 Å². The number of carbonyl (C=O) groups is 1. The van der Waals surface area contributed by atoms with E-state index in [-0.39, 0.29) is 11.5 Å². The SMILES string of the molecule is COc1ccc(OCCNC(=O)CCCCCn2c(=S)[nH]c3ccccc3c2=O)cc1. The first-order valence-electron chi connectivity index (χ1n) is 10.3. The summed E-state index contributed by atoms with van der Waals surface area (Å²) in [5.74, 6) is 1.50. The van der Waals surface area contributed by atoms with Crippen molar-refractivity contribution in [3.63, 3.8) is 0 Å². The fraction of sp³-hybridized carbons (Fsp3) is 0.348. The van der Waals surface area contributed by atoms with Crippen molar-refractivity contribution in [1.82, 2.24) is 14.9 Å². The zero-order valence-electron chi connectivity index (χ0n) is 17.6. The zero-order valence-corrected chi connectivity index (χ0v) is 18.4. The molecule has 0 bridgehead atoms. The van der Waals surface area contributed by atoms with Gasteiger partial charge in [0.1, 0.15) is 18.1 Å². The van der Waals surface area contributed by atoms with Gasteiger partial charge in [-0.1, -0.05) is 18.6 Å². The summed E-state index contributed by atoms with van der Waals surface area (Å²) >= 11 is 5.32. The second-order valence-corrected chi connectivity index (χ2v) is 7.50. The Kier molecular flexibility index (Phi) is 8.23. The molecular weight excluding hydrogens is 414 g/mol. The maximum atomic E-state index is 12.6. The van der Waals surface area contributed by atoms with Crippen LogP contribution in [0.25, 0.3) is 10.9 Å². The normalized spacial score (nSPS) is 10.7. The van der Waals surface area contributed by atoms with Gasteiger partial charge in [-0.2, -0.15) is 0 Å². The molecule has 0 spiro atoms. The number of para-hydroxylation sites is 1. The average molecular weight is 442 g/mol. The Labute approximate surface area is 186 Å². The van der Waals surface area contributed by atoms with Crippen molar-refractivity contribution < 1.29 is 14.3 Å². The van der Waals surface area contributed by atoms with Crippen LogP contribution in [0.3, 0.4) is 0 Å². The maximum Gasteiger partial charge on any atom is 0.262 e. The van der Waals surface area contributed by atoms with Gasteiger partial charge in [-0.15, -0.1) is 0 Å². The highest BCUT2D eigenvalue weighted by atomic mass is 32.1. The van der Waals surface area contributed by atoms with Crippen molar-refractivity contribution in [1.29, 1.82) is 0 Å². The van der Waals surface area contributed by atoms with Crippen LogP contribution in [0.15, 0.2) is 53.3 Å². The van der Waals surface area contributed by atoms with Crippen LogP contribution in [-0.2, 0) is 11.3 Å². The molecule has 0 fully saturated rings. The first kappa shape index (κ1) is 22.6. The Morgan fingerprint density at radius 2 is 1.81 bits per heavy atom. The number of unbranched alkanes of at least 4 members (excludes halogenated alkanes) is 2. The lowest BCUT2D eigenvalue weighted by atomic mass is 10.2. The summed E-state index contributed by atoms with van der Waals surface area (Å²) in [4.78, 5) is 27.7. The molecule has 2 aromatic carbocycles. The van der Waals surface area contributed by atoms with E-state index in [1.807, 2.05) is 42.5 Å².